The number of rotatable bonds is 7. The van der Waals surface area contributed by atoms with Crippen molar-refractivity contribution in [2.45, 2.75) is 31.7 Å². The Morgan fingerprint density at radius 1 is 1.12 bits per heavy atom. The minimum absolute atomic E-state index is 0.0556. The molecule has 1 aromatic carbocycles. The summed E-state index contributed by atoms with van der Waals surface area (Å²) in [7, 11) is 1.51. The van der Waals surface area contributed by atoms with Crippen molar-refractivity contribution in [1.82, 2.24) is 10.2 Å². The molecule has 2 rings (SSSR count). The van der Waals surface area contributed by atoms with Crippen LogP contribution in [0, 0.1) is 0 Å². The molecular formula is C18H22N2O5. The van der Waals surface area contributed by atoms with Crippen molar-refractivity contribution < 1.29 is 24.2 Å². The van der Waals surface area contributed by atoms with Crippen LogP contribution >= 0.6 is 0 Å². The van der Waals surface area contributed by atoms with Gasteiger partial charge in [-0.05, 0) is 24.6 Å². The number of furan rings is 1. The van der Waals surface area contributed by atoms with Crippen molar-refractivity contribution in [2.24, 2.45) is 0 Å². The molecule has 25 heavy (non-hydrogen) atoms. The molecule has 0 bridgehead atoms. The van der Waals surface area contributed by atoms with Gasteiger partial charge >= 0.3 is 0 Å². The number of carbonyl (C=O) groups is 2. The highest BCUT2D eigenvalue weighted by Gasteiger charge is 2.33. The van der Waals surface area contributed by atoms with Gasteiger partial charge in [0, 0.05) is 7.05 Å². The van der Waals surface area contributed by atoms with E-state index in [2.05, 4.69) is 5.32 Å². The molecule has 0 aliphatic carbocycles. The Hall–Kier alpha value is -2.64. The third-order valence-corrected chi connectivity index (χ3v) is 4.05. The molecule has 1 aromatic heterocycles. The normalized spacial score (nSPS) is 14.4. The summed E-state index contributed by atoms with van der Waals surface area (Å²) in [5, 5.41) is 22.4. The molecule has 0 saturated carbocycles. The number of hydrogen-bond donors (Lipinski definition) is 3. The summed E-state index contributed by atoms with van der Waals surface area (Å²) in [6, 6.07) is 12.3. The number of amides is 2. The van der Waals surface area contributed by atoms with Crippen LogP contribution in [0.4, 0.5) is 0 Å². The van der Waals surface area contributed by atoms with Crippen LogP contribution in [0.5, 0.6) is 0 Å². The monoisotopic (exact) mass is 346 g/mol. The molecule has 0 fully saturated rings. The van der Waals surface area contributed by atoms with Crippen molar-refractivity contribution in [3.05, 3.63) is 60.1 Å². The maximum absolute atomic E-state index is 12.4. The van der Waals surface area contributed by atoms with Gasteiger partial charge in [-0.1, -0.05) is 30.3 Å². The molecule has 134 valence electrons. The van der Waals surface area contributed by atoms with E-state index in [1.807, 2.05) is 30.3 Å². The first kappa shape index (κ1) is 18.7. The zero-order valence-electron chi connectivity index (χ0n) is 14.1. The topological polar surface area (TPSA) is 103 Å². The molecule has 3 atom stereocenters. The van der Waals surface area contributed by atoms with Gasteiger partial charge in [-0.3, -0.25) is 9.59 Å². The SMILES string of the molecule is C[C@H](c1ccccc1)N(C)C(=O)[C@H](O)[C@@H](O)C(=O)NCc1ccco1. The highest BCUT2D eigenvalue weighted by molar-refractivity contribution is 5.90. The van der Waals surface area contributed by atoms with Gasteiger partial charge in [0.1, 0.15) is 5.76 Å². The third kappa shape index (κ3) is 4.68. The Morgan fingerprint density at radius 3 is 2.40 bits per heavy atom. The van der Waals surface area contributed by atoms with Crippen LogP contribution in [0.3, 0.4) is 0 Å². The molecule has 0 spiro atoms. The standard InChI is InChI=1S/C18H22N2O5/c1-12(13-7-4-3-5-8-13)20(2)18(24)16(22)15(21)17(23)19-11-14-9-6-10-25-14/h3-10,12,15-16,21-22H,11H2,1-2H3,(H,19,23)/t12-,15-,16-/m1/s1. The first-order valence-electron chi connectivity index (χ1n) is 7.89. The fourth-order valence-corrected chi connectivity index (χ4v) is 2.33. The predicted molar refractivity (Wildman–Crippen MR) is 90.2 cm³/mol. The van der Waals surface area contributed by atoms with E-state index in [1.165, 1.54) is 18.2 Å². The van der Waals surface area contributed by atoms with E-state index < -0.39 is 24.0 Å². The Morgan fingerprint density at radius 2 is 1.80 bits per heavy atom. The van der Waals surface area contributed by atoms with Crippen LogP contribution in [-0.4, -0.2) is 46.2 Å². The van der Waals surface area contributed by atoms with Gasteiger partial charge in [-0.2, -0.15) is 0 Å². The second-order valence-electron chi connectivity index (χ2n) is 5.72. The summed E-state index contributed by atoms with van der Waals surface area (Å²) >= 11 is 0. The number of aliphatic hydroxyl groups is 2. The highest BCUT2D eigenvalue weighted by atomic mass is 16.3. The largest absolute Gasteiger partial charge is 0.467 e. The van der Waals surface area contributed by atoms with Crippen LogP contribution < -0.4 is 5.32 Å². The first-order chi connectivity index (χ1) is 11.9. The molecule has 7 heteroatoms. The molecule has 7 nitrogen and oxygen atoms in total. The second-order valence-corrected chi connectivity index (χ2v) is 5.72. The Labute approximate surface area is 145 Å². The quantitative estimate of drug-likeness (QED) is 0.689. The molecule has 3 N–H and O–H groups in total. The lowest BCUT2D eigenvalue weighted by Gasteiger charge is -2.28. The molecular weight excluding hydrogens is 324 g/mol. The van der Waals surface area contributed by atoms with E-state index in [1.54, 1.807) is 19.1 Å². The van der Waals surface area contributed by atoms with Crippen LogP contribution in [-0.2, 0) is 16.1 Å². The van der Waals surface area contributed by atoms with E-state index in [4.69, 9.17) is 4.42 Å². The van der Waals surface area contributed by atoms with E-state index in [-0.39, 0.29) is 12.6 Å². The number of hydrogen-bond acceptors (Lipinski definition) is 5. The van der Waals surface area contributed by atoms with Crippen molar-refractivity contribution >= 4 is 11.8 Å². The molecule has 1 heterocycles. The van der Waals surface area contributed by atoms with Crippen molar-refractivity contribution in [3.63, 3.8) is 0 Å². The van der Waals surface area contributed by atoms with E-state index in [0.717, 1.165) is 5.56 Å². The lowest BCUT2D eigenvalue weighted by Crippen LogP contribution is -2.50. The number of nitrogens with zero attached hydrogens (tertiary/aromatic N) is 1. The Bertz CT molecular complexity index is 687. The maximum Gasteiger partial charge on any atom is 0.254 e. The van der Waals surface area contributed by atoms with Crippen molar-refractivity contribution in [1.29, 1.82) is 0 Å². The molecule has 0 unspecified atom stereocenters. The van der Waals surface area contributed by atoms with Gasteiger partial charge in [-0.25, -0.2) is 0 Å². The van der Waals surface area contributed by atoms with E-state index in [9.17, 15) is 19.8 Å². The van der Waals surface area contributed by atoms with Crippen LogP contribution in [0.1, 0.15) is 24.3 Å². The predicted octanol–water partition coefficient (Wildman–Crippen LogP) is 0.837. The second kappa shape index (κ2) is 8.46. The van der Waals surface area contributed by atoms with E-state index >= 15 is 0 Å². The van der Waals surface area contributed by atoms with Gasteiger partial charge in [0.2, 0.25) is 0 Å². The Kier molecular flexibility index (Phi) is 6.32. The fraction of sp³-hybridized carbons (Fsp3) is 0.333. The summed E-state index contributed by atoms with van der Waals surface area (Å²) < 4.78 is 5.06. The van der Waals surface area contributed by atoms with Gasteiger partial charge < -0.3 is 24.8 Å². The van der Waals surface area contributed by atoms with Crippen molar-refractivity contribution in [2.75, 3.05) is 7.05 Å². The van der Waals surface area contributed by atoms with Gasteiger partial charge in [-0.15, -0.1) is 0 Å². The zero-order valence-corrected chi connectivity index (χ0v) is 14.1. The molecule has 0 aliphatic heterocycles. The first-order valence-corrected chi connectivity index (χ1v) is 7.89. The average molecular weight is 346 g/mol. The number of aliphatic hydroxyl groups excluding tert-OH is 2. The average Bonchev–Trinajstić information content (AvgIpc) is 3.17. The number of nitrogens with one attached hydrogen (secondary N) is 1. The van der Waals surface area contributed by atoms with Crippen LogP contribution in [0.15, 0.2) is 53.1 Å². The van der Waals surface area contributed by atoms with E-state index in [0.29, 0.717) is 5.76 Å². The molecule has 0 radical (unpaired) electrons. The summed E-state index contributed by atoms with van der Waals surface area (Å²) in [5.41, 5.74) is 0.877. The van der Waals surface area contributed by atoms with Gasteiger partial charge in [0.05, 0.1) is 18.8 Å². The lowest BCUT2D eigenvalue weighted by atomic mass is 10.1. The summed E-state index contributed by atoms with van der Waals surface area (Å²) in [5.74, 6) is -1.09. The molecule has 2 amide bonds. The summed E-state index contributed by atoms with van der Waals surface area (Å²) in [6.45, 7) is 1.85. The number of benzene rings is 1. The minimum Gasteiger partial charge on any atom is -0.467 e. The van der Waals surface area contributed by atoms with Gasteiger partial charge in [0.15, 0.2) is 12.2 Å². The van der Waals surface area contributed by atoms with Gasteiger partial charge in [0.25, 0.3) is 11.8 Å². The highest BCUT2D eigenvalue weighted by Crippen LogP contribution is 2.19. The third-order valence-electron chi connectivity index (χ3n) is 4.05. The number of likely N-dealkylation sites (N-methyl/N-ethyl adjacent to an activating group) is 1. The smallest absolute Gasteiger partial charge is 0.254 e. The minimum atomic E-state index is -1.87. The maximum atomic E-state index is 12.4. The summed E-state index contributed by atoms with van der Waals surface area (Å²) in [6.07, 6.45) is -2.27. The molecule has 0 saturated heterocycles. The fourth-order valence-electron chi connectivity index (χ4n) is 2.33. The zero-order chi connectivity index (χ0) is 18.4. The van der Waals surface area contributed by atoms with Crippen LogP contribution in [0.2, 0.25) is 0 Å². The Balaban J connectivity index is 1.94. The molecule has 0 aliphatic rings. The van der Waals surface area contributed by atoms with Crippen LogP contribution in [0.25, 0.3) is 0 Å². The number of carbonyl (C=O) groups excluding carboxylic acids is 2. The lowest BCUT2D eigenvalue weighted by molar-refractivity contribution is -0.153. The van der Waals surface area contributed by atoms with Crippen molar-refractivity contribution in [3.8, 4) is 0 Å². The summed E-state index contributed by atoms with van der Waals surface area (Å²) in [4.78, 5) is 25.6. The molecule has 2 aromatic rings.